The van der Waals surface area contributed by atoms with Crippen molar-refractivity contribution in [1.29, 1.82) is 0 Å². The number of aliphatic hydroxyl groups excluding tert-OH is 1. The molecule has 27 heavy (non-hydrogen) atoms. The Bertz CT molecular complexity index is 701. The third-order valence-electron chi connectivity index (χ3n) is 4.99. The van der Waals surface area contributed by atoms with E-state index in [9.17, 15) is 5.11 Å². The predicted molar refractivity (Wildman–Crippen MR) is 117 cm³/mol. The fraction of sp³-hybridized carbons (Fsp3) is 0.619. The highest BCUT2D eigenvalue weighted by molar-refractivity contribution is 7.99. The second-order valence-electron chi connectivity index (χ2n) is 7.07. The van der Waals surface area contributed by atoms with Crippen molar-refractivity contribution in [2.45, 2.75) is 64.9 Å². The Labute approximate surface area is 167 Å². The first-order chi connectivity index (χ1) is 13.2. The molecular weight excluding hydrogens is 356 g/mol. The van der Waals surface area contributed by atoms with E-state index in [0.717, 1.165) is 54.5 Å². The molecule has 0 fully saturated rings. The molecule has 0 bridgehead atoms. The molecule has 0 saturated carbocycles. The number of thioether (sulfide) groups is 1. The number of allylic oxidation sites excluding steroid dienone is 2. The normalized spacial score (nSPS) is 14.2. The summed E-state index contributed by atoms with van der Waals surface area (Å²) >= 11 is 1.99. The lowest BCUT2D eigenvalue weighted by Gasteiger charge is -2.21. The summed E-state index contributed by atoms with van der Waals surface area (Å²) in [5, 5.41) is 10.4. The van der Waals surface area contributed by atoms with Crippen LogP contribution < -0.4 is 5.73 Å². The minimum Gasteiger partial charge on any atom is -0.393 e. The molecule has 5 nitrogen and oxygen atoms in total. The number of nitrogen functional groups attached to an aromatic ring is 1. The Morgan fingerprint density at radius 2 is 2.11 bits per heavy atom. The van der Waals surface area contributed by atoms with Crippen LogP contribution in [0.25, 0.3) is 11.0 Å². The maximum absolute atomic E-state index is 10.4. The Morgan fingerprint density at radius 1 is 1.26 bits per heavy atom. The smallest absolute Gasteiger partial charge is 0.151 e. The average Bonchev–Trinajstić information content (AvgIpc) is 3.09. The quantitative estimate of drug-likeness (QED) is 0.340. The number of H-pyrrole nitrogens is 1. The van der Waals surface area contributed by atoms with E-state index in [1.165, 1.54) is 24.9 Å². The number of hydrogen-bond acceptors (Lipinski definition) is 5. The van der Waals surface area contributed by atoms with Crippen molar-refractivity contribution < 1.29 is 5.11 Å². The molecule has 2 rings (SSSR count). The van der Waals surface area contributed by atoms with E-state index in [2.05, 4.69) is 41.0 Å². The first kappa shape index (κ1) is 21.8. The molecule has 0 spiro atoms. The van der Waals surface area contributed by atoms with Crippen LogP contribution in [-0.2, 0) is 6.42 Å². The van der Waals surface area contributed by atoms with Crippen molar-refractivity contribution in [2.24, 2.45) is 5.92 Å². The summed E-state index contributed by atoms with van der Waals surface area (Å²) in [6.07, 6.45) is 15.0. The number of nitrogens with zero attached hydrogens (tertiary/aromatic N) is 2. The van der Waals surface area contributed by atoms with Gasteiger partial charge in [-0.25, -0.2) is 9.97 Å². The Hall–Kier alpha value is -1.53. The highest BCUT2D eigenvalue weighted by Crippen LogP contribution is 2.21. The third-order valence-corrected chi connectivity index (χ3v) is 6.23. The molecule has 0 aliphatic carbocycles. The zero-order valence-corrected chi connectivity index (χ0v) is 17.5. The van der Waals surface area contributed by atoms with Crippen LogP contribution in [0.1, 0.15) is 57.9 Å². The van der Waals surface area contributed by atoms with Crippen molar-refractivity contribution in [3.63, 3.8) is 0 Å². The molecule has 0 radical (unpaired) electrons. The summed E-state index contributed by atoms with van der Waals surface area (Å²) in [6.45, 7) is 4.41. The van der Waals surface area contributed by atoms with Crippen molar-refractivity contribution in [3.05, 3.63) is 30.2 Å². The molecule has 0 aliphatic heterocycles. The van der Waals surface area contributed by atoms with Crippen LogP contribution in [0.5, 0.6) is 0 Å². The molecule has 0 aliphatic rings. The monoisotopic (exact) mass is 390 g/mol. The number of nitrogens with one attached hydrogen (secondary N) is 1. The van der Waals surface area contributed by atoms with E-state index in [4.69, 9.17) is 5.73 Å². The van der Waals surface area contributed by atoms with E-state index < -0.39 is 0 Å². The van der Waals surface area contributed by atoms with Crippen LogP contribution in [-0.4, -0.2) is 37.7 Å². The van der Waals surface area contributed by atoms with Gasteiger partial charge in [-0.05, 0) is 55.1 Å². The summed E-state index contributed by atoms with van der Waals surface area (Å²) in [6, 6.07) is 0. The zero-order valence-electron chi connectivity index (χ0n) is 16.7. The van der Waals surface area contributed by atoms with Gasteiger partial charge in [-0.15, -0.1) is 0 Å². The maximum Gasteiger partial charge on any atom is 0.151 e. The molecule has 0 saturated heterocycles. The van der Waals surface area contributed by atoms with E-state index >= 15 is 0 Å². The molecule has 1 unspecified atom stereocenters. The molecule has 2 heterocycles. The van der Waals surface area contributed by atoms with Crippen LogP contribution in [0.4, 0.5) is 5.82 Å². The average molecular weight is 391 g/mol. The Kier molecular flexibility index (Phi) is 9.70. The molecule has 0 amide bonds. The van der Waals surface area contributed by atoms with Crippen LogP contribution in [0.2, 0.25) is 0 Å². The number of aliphatic hydroxyl groups is 1. The fourth-order valence-electron chi connectivity index (χ4n) is 3.16. The number of aromatic amines is 1. The summed E-state index contributed by atoms with van der Waals surface area (Å²) in [5.74, 6) is 3.21. The van der Waals surface area contributed by atoms with Gasteiger partial charge in [0.1, 0.15) is 11.8 Å². The number of fused-ring (bicyclic) bond motifs is 1. The molecule has 4 N–H and O–H groups in total. The molecule has 2 aromatic rings. The number of hydrogen-bond donors (Lipinski definition) is 3. The minimum atomic E-state index is -0.175. The van der Waals surface area contributed by atoms with E-state index in [-0.39, 0.29) is 6.10 Å². The lowest BCUT2D eigenvalue weighted by molar-refractivity contribution is 0.106. The highest BCUT2D eigenvalue weighted by Gasteiger charge is 2.16. The van der Waals surface area contributed by atoms with Crippen LogP contribution in [0.3, 0.4) is 0 Å². The summed E-state index contributed by atoms with van der Waals surface area (Å²) in [5.41, 5.74) is 8.69. The van der Waals surface area contributed by atoms with E-state index in [1.807, 2.05) is 18.0 Å². The Morgan fingerprint density at radius 3 is 2.89 bits per heavy atom. The molecule has 0 aromatic carbocycles. The fourth-order valence-corrected chi connectivity index (χ4v) is 4.58. The largest absolute Gasteiger partial charge is 0.393 e. The zero-order chi connectivity index (χ0) is 19.5. The van der Waals surface area contributed by atoms with Crippen molar-refractivity contribution in [3.8, 4) is 0 Å². The van der Waals surface area contributed by atoms with Gasteiger partial charge in [0.2, 0.25) is 0 Å². The van der Waals surface area contributed by atoms with Gasteiger partial charge in [-0.1, -0.05) is 38.8 Å². The molecule has 2 atom stereocenters. The molecule has 2 aromatic heterocycles. The third kappa shape index (κ3) is 6.85. The van der Waals surface area contributed by atoms with Gasteiger partial charge in [-0.2, -0.15) is 11.8 Å². The van der Waals surface area contributed by atoms with Crippen LogP contribution in [0.15, 0.2) is 24.7 Å². The number of unbranched alkanes of at least 4 members (excludes halogenated alkanes) is 2. The second-order valence-corrected chi connectivity index (χ2v) is 8.22. The second kappa shape index (κ2) is 12.0. The van der Waals surface area contributed by atoms with Gasteiger partial charge in [0.25, 0.3) is 0 Å². The van der Waals surface area contributed by atoms with E-state index in [1.54, 1.807) is 0 Å². The molecular formula is C21H34N4OS. The SMILES string of the molecule is CCCCSCC(CC)[C@H](O)CCC/C=C/Cc1c[nH]c2c(N)ncnc12. The van der Waals surface area contributed by atoms with Crippen molar-refractivity contribution in [2.75, 3.05) is 17.2 Å². The maximum atomic E-state index is 10.4. The number of rotatable bonds is 13. The van der Waals surface area contributed by atoms with Crippen LogP contribution >= 0.6 is 11.8 Å². The van der Waals surface area contributed by atoms with Crippen molar-refractivity contribution in [1.82, 2.24) is 15.0 Å². The standard InChI is InChI=1S/C21H34N4OS/c1-3-5-12-27-14-16(4-2)18(26)11-9-7-6-8-10-17-13-23-20-19(17)24-15-25-21(20)22/h6,8,13,15-16,18,23,26H,3-5,7,9-12,14H2,1-2H3,(H2,22,24,25)/b8-6+/t16?,18-/m1/s1. The van der Waals surface area contributed by atoms with Crippen molar-refractivity contribution >= 4 is 28.6 Å². The summed E-state index contributed by atoms with van der Waals surface area (Å²) in [7, 11) is 0. The highest BCUT2D eigenvalue weighted by atomic mass is 32.2. The first-order valence-corrected chi connectivity index (χ1v) is 11.3. The van der Waals surface area contributed by atoms with Gasteiger partial charge in [0.05, 0.1) is 11.6 Å². The molecule has 150 valence electrons. The predicted octanol–water partition coefficient (Wildman–Crippen LogP) is 4.73. The van der Waals surface area contributed by atoms with E-state index in [0.29, 0.717) is 11.7 Å². The van der Waals surface area contributed by atoms with Gasteiger partial charge in [0.15, 0.2) is 5.82 Å². The van der Waals surface area contributed by atoms with Gasteiger partial charge < -0.3 is 15.8 Å². The number of nitrogens with two attached hydrogens (primary N) is 1. The van der Waals surface area contributed by atoms with Gasteiger partial charge in [0, 0.05) is 6.20 Å². The van der Waals surface area contributed by atoms with Gasteiger partial charge >= 0.3 is 0 Å². The lowest BCUT2D eigenvalue weighted by atomic mass is 9.97. The number of anilines is 1. The lowest BCUT2D eigenvalue weighted by Crippen LogP contribution is -2.22. The summed E-state index contributed by atoms with van der Waals surface area (Å²) in [4.78, 5) is 11.5. The van der Waals surface area contributed by atoms with Gasteiger partial charge in [-0.3, -0.25) is 0 Å². The topological polar surface area (TPSA) is 87.8 Å². The summed E-state index contributed by atoms with van der Waals surface area (Å²) < 4.78 is 0. The first-order valence-electron chi connectivity index (χ1n) is 10.1. The number of aromatic nitrogens is 3. The molecule has 6 heteroatoms. The van der Waals surface area contributed by atoms with Crippen LogP contribution in [0, 0.1) is 5.92 Å². The Balaban J connectivity index is 1.68. The minimum absolute atomic E-state index is 0.175.